The van der Waals surface area contributed by atoms with Gasteiger partial charge in [-0.15, -0.1) is 11.3 Å². The van der Waals surface area contributed by atoms with Crippen LogP contribution in [0.1, 0.15) is 42.3 Å². The lowest BCUT2D eigenvalue weighted by molar-refractivity contribution is 0.664. The maximum atomic E-state index is 4.72. The fourth-order valence-corrected chi connectivity index (χ4v) is 8.60. The molecule has 1 atom stereocenters. The summed E-state index contributed by atoms with van der Waals surface area (Å²) in [6.45, 7) is 7.88. The molecule has 1 unspecified atom stereocenters. The molecule has 3 nitrogen and oxygen atoms in total. The van der Waals surface area contributed by atoms with Gasteiger partial charge in [-0.05, 0) is 88.0 Å². The van der Waals surface area contributed by atoms with E-state index in [4.69, 9.17) is 4.99 Å². The monoisotopic (exact) mass is 535 g/mol. The highest BCUT2D eigenvalue weighted by Gasteiger charge is 2.39. The smallest absolute Gasteiger partial charge is 0.0864 e. The minimum Gasteiger partial charge on any atom is -0.378 e. The molecule has 40 heavy (non-hydrogen) atoms. The van der Waals surface area contributed by atoms with Gasteiger partial charge in [0.05, 0.1) is 29.0 Å². The Morgan fingerprint density at radius 2 is 1.85 bits per heavy atom. The number of benzene rings is 4. The molecule has 9 rings (SSSR count). The largest absolute Gasteiger partial charge is 0.378 e. The second-order valence-corrected chi connectivity index (χ2v) is 13.2. The van der Waals surface area contributed by atoms with Gasteiger partial charge in [0.2, 0.25) is 0 Å². The summed E-state index contributed by atoms with van der Waals surface area (Å²) in [5.74, 6) is 0.578. The molecule has 1 N–H and O–H groups in total. The maximum Gasteiger partial charge on any atom is 0.0864 e. The minimum atomic E-state index is -0.153. The summed E-state index contributed by atoms with van der Waals surface area (Å²) < 4.78 is 3.92. The Hall–Kier alpha value is -4.15. The zero-order valence-corrected chi connectivity index (χ0v) is 23.7. The van der Waals surface area contributed by atoms with Gasteiger partial charge in [0.15, 0.2) is 0 Å². The van der Waals surface area contributed by atoms with E-state index < -0.39 is 0 Å². The Labute approximate surface area is 237 Å². The number of hydrogen-bond donors (Lipinski definition) is 1. The summed E-state index contributed by atoms with van der Waals surface area (Å²) in [4.78, 5) is 6.14. The van der Waals surface area contributed by atoms with Crippen LogP contribution in [0.25, 0.3) is 54.8 Å². The van der Waals surface area contributed by atoms with Crippen LogP contribution in [0.3, 0.4) is 0 Å². The molecule has 0 amide bonds. The molecule has 4 heteroatoms. The van der Waals surface area contributed by atoms with Crippen molar-refractivity contribution >= 4 is 66.9 Å². The average molecular weight is 536 g/mol. The van der Waals surface area contributed by atoms with Crippen molar-refractivity contribution in [3.63, 3.8) is 0 Å². The lowest BCUT2D eigenvalue weighted by atomic mass is 9.81. The van der Waals surface area contributed by atoms with E-state index in [9.17, 15) is 0 Å². The van der Waals surface area contributed by atoms with Crippen molar-refractivity contribution in [1.29, 1.82) is 0 Å². The summed E-state index contributed by atoms with van der Waals surface area (Å²) >= 11 is 1.92. The first-order chi connectivity index (χ1) is 19.5. The molecule has 0 saturated carbocycles. The molecule has 0 saturated heterocycles. The lowest BCUT2D eigenvalue weighted by Crippen LogP contribution is -2.17. The number of nitrogens with one attached hydrogen (secondary N) is 1. The molecule has 0 fully saturated rings. The molecule has 0 bridgehead atoms. The van der Waals surface area contributed by atoms with E-state index in [0.717, 1.165) is 24.3 Å². The number of aromatic nitrogens is 1. The van der Waals surface area contributed by atoms with E-state index in [1.165, 1.54) is 70.3 Å². The van der Waals surface area contributed by atoms with Crippen LogP contribution in [-0.2, 0) is 11.8 Å². The van der Waals surface area contributed by atoms with Crippen molar-refractivity contribution in [3.8, 4) is 16.8 Å². The van der Waals surface area contributed by atoms with E-state index in [1.54, 1.807) is 0 Å². The summed E-state index contributed by atoms with van der Waals surface area (Å²) in [5.41, 5.74) is 12.8. The van der Waals surface area contributed by atoms with Gasteiger partial charge >= 0.3 is 0 Å². The summed E-state index contributed by atoms with van der Waals surface area (Å²) in [6, 6.07) is 25.4. The highest BCUT2D eigenvalue weighted by Crippen LogP contribution is 2.55. The van der Waals surface area contributed by atoms with Gasteiger partial charge in [-0.3, -0.25) is 4.99 Å². The van der Waals surface area contributed by atoms with Gasteiger partial charge in [-0.1, -0.05) is 57.2 Å². The third-order valence-corrected chi connectivity index (χ3v) is 10.5. The van der Waals surface area contributed by atoms with E-state index >= 15 is 0 Å². The van der Waals surface area contributed by atoms with Crippen LogP contribution in [0.15, 0.2) is 77.8 Å². The quantitative estimate of drug-likeness (QED) is 0.223. The second kappa shape index (κ2) is 7.74. The number of fused-ring (bicyclic) bond motifs is 11. The minimum absolute atomic E-state index is 0.153. The van der Waals surface area contributed by atoms with E-state index in [0.29, 0.717) is 5.92 Å². The number of aliphatic imine (C=N–C) groups is 1. The van der Waals surface area contributed by atoms with Crippen LogP contribution in [-0.4, -0.2) is 17.3 Å². The number of hydrogen-bond acceptors (Lipinski definition) is 3. The molecule has 194 valence electrons. The molecule has 0 spiro atoms. The Bertz CT molecular complexity index is 2140. The zero-order valence-electron chi connectivity index (χ0n) is 22.9. The average Bonchev–Trinajstić information content (AvgIpc) is 3.57. The van der Waals surface area contributed by atoms with Crippen LogP contribution in [0.4, 0.5) is 11.4 Å². The van der Waals surface area contributed by atoms with Crippen molar-refractivity contribution in [3.05, 3.63) is 94.4 Å². The van der Waals surface area contributed by atoms with Crippen molar-refractivity contribution in [2.24, 2.45) is 10.9 Å². The van der Waals surface area contributed by atoms with Gasteiger partial charge < -0.3 is 9.88 Å². The van der Waals surface area contributed by atoms with Crippen molar-refractivity contribution in [2.75, 3.05) is 11.9 Å². The first-order valence-electron chi connectivity index (χ1n) is 14.2. The Morgan fingerprint density at radius 3 is 2.77 bits per heavy atom. The fourth-order valence-electron chi connectivity index (χ4n) is 7.48. The van der Waals surface area contributed by atoms with Gasteiger partial charge in [-0.2, -0.15) is 0 Å². The van der Waals surface area contributed by atoms with Crippen LogP contribution in [0, 0.1) is 5.92 Å². The summed E-state index contributed by atoms with van der Waals surface area (Å²) in [6.07, 6.45) is 7.76. The van der Waals surface area contributed by atoms with Gasteiger partial charge in [0.25, 0.3) is 0 Å². The van der Waals surface area contributed by atoms with Crippen LogP contribution in [0.2, 0.25) is 0 Å². The molecule has 2 aromatic heterocycles. The van der Waals surface area contributed by atoms with Crippen molar-refractivity contribution < 1.29 is 0 Å². The topological polar surface area (TPSA) is 29.3 Å². The predicted octanol–water partition coefficient (Wildman–Crippen LogP) is 9.64. The van der Waals surface area contributed by atoms with Gasteiger partial charge in [-0.25, -0.2) is 0 Å². The van der Waals surface area contributed by atoms with Crippen LogP contribution >= 0.6 is 11.3 Å². The molecule has 1 aliphatic heterocycles. The standard InChI is InChI=1S/C36H29N3S/c1-20-8-12-32-26(16-20)27-17-21(9-13-33(27)40-32)39-31-7-5-4-6-22(31)24-11-10-23-25-18-29-30(38-15-14-37-29)19-28(25)36(2,3)34(23)35(24)39/h4-14,17-20,38H,15-16H2,1-3H3. The number of anilines is 1. The van der Waals surface area contributed by atoms with Crippen LogP contribution in [0.5, 0.6) is 0 Å². The second-order valence-electron chi connectivity index (χ2n) is 12.1. The first-order valence-corrected chi connectivity index (χ1v) is 15.1. The summed E-state index contributed by atoms with van der Waals surface area (Å²) in [5, 5.41) is 7.57. The third-order valence-electron chi connectivity index (χ3n) is 9.34. The predicted molar refractivity (Wildman–Crippen MR) is 172 cm³/mol. The fraction of sp³-hybridized carbons (Fsp3) is 0.194. The van der Waals surface area contributed by atoms with Gasteiger partial charge in [0, 0.05) is 37.7 Å². The Kier molecular flexibility index (Phi) is 4.38. The molecular weight excluding hydrogens is 506 g/mol. The number of nitrogens with zero attached hydrogens (tertiary/aromatic N) is 2. The Balaban J connectivity index is 1.38. The lowest BCUT2D eigenvalue weighted by Gasteiger charge is -2.25. The first kappa shape index (κ1) is 22.6. The van der Waals surface area contributed by atoms with Gasteiger partial charge in [0.1, 0.15) is 0 Å². The number of para-hydroxylation sites is 1. The van der Waals surface area contributed by atoms with E-state index in [2.05, 4.69) is 110 Å². The SMILES string of the molecule is CC1C=Cc2sc3ccc(-n4c5ccccc5c5ccc6c(c54)C(C)(C)c4cc5c(cc4-6)N=CCN5)cc3c2C1. The van der Waals surface area contributed by atoms with Crippen molar-refractivity contribution in [1.82, 2.24) is 4.57 Å². The molecule has 0 radical (unpaired) electrons. The Morgan fingerprint density at radius 1 is 0.950 bits per heavy atom. The molecule has 3 heterocycles. The number of thiophene rings is 1. The molecular formula is C36H29N3S. The molecule has 3 aliphatic rings. The highest BCUT2D eigenvalue weighted by molar-refractivity contribution is 7.20. The van der Waals surface area contributed by atoms with E-state index in [-0.39, 0.29) is 5.41 Å². The number of rotatable bonds is 1. The van der Waals surface area contributed by atoms with Crippen LogP contribution < -0.4 is 5.32 Å². The normalized spacial score (nSPS) is 18.1. The molecule has 6 aromatic rings. The third kappa shape index (κ3) is 2.87. The number of allylic oxidation sites excluding steroid dienone is 1. The van der Waals surface area contributed by atoms with E-state index in [1.807, 2.05) is 17.6 Å². The zero-order chi connectivity index (χ0) is 26.7. The molecule has 4 aromatic carbocycles. The molecule has 2 aliphatic carbocycles. The maximum absolute atomic E-state index is 4.72. The highest BCUT2D eigenvalue weighted by atomic mass is 32.1. The van der Waals surface area contributed by atoms with Crippen molar-refractivity contribution in [2.45, 2.75) is 32.6 Å². The summed E-state index contributed by atoms with van der Waals surface area (Å²) in [7, 11) is 0.